The summed E-state index contributed by atoms with van der Waals surface area (Å²) in [6.07, 6.45) is 0. The van der Waals surface area contributed by atoms with Crippen LogP contribution in [0.5, 0.6) is 0 Å². The van der Waals surface area contributed by atoms with Gasteiger partial charge in [-0.05, 0) is 41.3 Å². The Labute approximate surface area is 158 Å². The molecule has 0 aliphatic heterocycles. The molecule has 26 heavy (non-hydrogen) atoms. The molecule has 1 amide bonds. The number of nitrogens with zero attached hydrogens (tertiary/aromatic N) is 1. The molecule has 2 aromatic heterocycles. The zero-order valence-electron chi connectivity index (χ0n) is 14.0. The molecule has 0 aliphatic carbocycles. The van der Waals surface area contributed by atoms with Gasteiger partial charge >= 0.3 is 5.97 Å². The molecule has 4 nitrogen and oxygen atoms in total. The standard InChI is InChI=1S/C19H16FNO3S2/c1-21(11-15-3-2-10-25-15)18(22)12-24-19(23)17-9-8-16(26-17)13-4-6-14(20)7-5-13/h2-10H,11-12H2,1H3. The monoisotopic (exact) mass is 389 g/mol. The van der Waals surface area contributed by atoms with E-state index < -0.39 is 5.97 Å². The number of halogens is 1. The van der Waals surface area contributed by atoms with Crippen LogP contribution >= 0.6 is 22.7 Å². The van der Waals surface area contributed by atoms with Gasteiger partial charge in [0.15, 0.2) is 6.61 Å². The van der Waals surface area contributed by atoms with Crippen molar-refractivity contribution in [3.8, 4) is 10.4 Å². The first-order valence-electron chi connectivity index (χ1n) is 7.82. The average molecular weight is 389 g/mol. The summed E-state index contributed by atoms with van der Waals surface area (Å²) in [7, 11) is 1.67. The van der Waals surface area contributed by atoms with Gasteiger partial charge in [0.2, 0.25) is 0 Å². The first kappa shape index (κ1) is 18.3. The van der Waals surface area contributed by atoms with Gasteiger partial charge in [0.05, 0.1) is 6.54 Å². The fourth-order valence-electron chi connectivity index (χ4n) is 2.25. The lowest BCUT2D eigenvalue weighted by Gasteiger charge is -2.15. The SMILES string of the molecule is CN(Cc1cccs1)C(=O)COC(=O)c1ccc(-c2ccc(F)cc2)s1. The van der Waals surface area contributed by atoms with Crippen LogP contribution in [0.25, 0.3) is 10.4 Å². The smallest absolute Gasteiger partial charge is 0.348 e. The third-order valence-corrected chi connectivity index (χ3v) is 5.64. The molecule has 0 atom stereocenters. The molecule has 0 N–H and O–H groups in total. The normalized spacial score (nSPS) is 10.5. The van der Waals surface area contributed by atoms with Crippen molar-refractivity contribution in [1.82, 2.24) is 4.90 Å². The molecule has 134 valence electrons. The van der Waals surface area contributed by atoms with Crippen LogP contribution in [0, 0.1) is 5.82 Å². The number of thiophene rings is 2. The van der Waals surface area contributed by atoms with Crippen LogP contribution in [0.3, 0.4) is 0 Å². The summed E-state index contributed by atoms with van der Waals surface area (Å²) >= 11 is 2.81. The van der Waals surface area contributed by atoms with E-state index in [0.29, 0.717) is 11.4 Å². The maximum atomic E-state index is 13.0. The van der Waals surface area contributed by atoms with Gasteiger partial charge in [0, 0.05) is 16.8 Å². The second kappa shape index (κ2) is 8.25. The average Bonchev–Trinajstić information content (AvgIpc) is 3.32. The number of ether oxygens (including phenoxy) is 1. The van der Waals surface area contributed by atoms with Crippen molar-refractivity contribution in [3.05, 3.63) is 69.5 Å². The van der Waals surface area contributed by atoms with E-state index >= 15 is 0 Å². The van der Waals surface area contributed by atoms with Crippen molar-refractivity contribution in [2.45, 2.75) is 6.54 Å². The minimum atomic E-state index is -0.541. The highest BCUT2D eigenvalue weighted by atomic mass is 32.1. The first-order valence-corrected chi connectivity index (χ1v) is 9.52. The first-order chi connectivity index (χ1) is 12.5. The number of amides is 1. The summed E-state index contributed by atoms with van der Waals surface area (Å²) in [5.41, 5.74) is 0.821. The highest BCUT2D eigenvalue weighted by molar-refractivity contribution is 7.17. The van der Waals surface area contributed by atoms with E-state index in [1.165, 1.54) is 28.4 Å². The quantitative estimate of drug-likeness (QED) is 0.586. The van der Waals surface area contributed by atoms with Crippen molar-refractivity contribution in [2.75, 3.05) is 13.7 Å². The van der Waals surface area contributed by atoms with Gasteiger partial charge in [-0.2, -0.15) is 0 Å². The molecule has 0 saturated carbocycles. The molecule has 0 aliphatic rings. The van der Waals surface area contributed by atoms with E-state index in [1.54, 1.807) is 42.6 Å². The maximum Gasteiger partial charge on any atom is 0.348 e. The molecule has 2 heterocycles. The summed E-state index contributed by atoms with van der Waals surface area (Å²) in [6.45, 7) is 0.187. The number of hydrogen-bond donors (Lipinski definition) is 0. The summed E-state index contributed by atoms with van der Waals surface area (Å²) in [6, 6.07) is 13.3. The lowest BCUT2D eigenvalue weighted by molar-refractivity contribution is -0.133. The topological polar surface area (TPSA) is 46.6 Å². The predicted molar refractivity (Wildman–Crippen MR) is 101 cm³/mol. The molecule has 0 fully saturated rings. The number of rotatable bonds is 6. The second-order valence-corrected chi connectivity index (χ2v) is 7.69. The van der Waals surface area contributed by atoms with Crippen LogP contribution in [0.2, 0.25) is 0 Å². The van der Waals surface area contributed by atoms with Crippen LogP contribution in [-0.4, -0.2) is 30.4 Å². The molecular formula is C19H16FNO3S2. The fourth-order valence-corrected chi connectivity index (χ4v) is 3.91. The highest BCUT2D eigenvalue weighted by Crippen LogP contribution is 2.28. The Balaban J connectivity index is 1.55. The molecule has 7 heteroatoms. The minimum Gasteiger partial charge on any atom is -0.451 e. The Kier molecular flexibility index (Phi) is 5.80. The van der Waals surface area contributed by atoms with Gasteiger partial charge < -0.3 is 9.64 Å². The van der Waals surface area contributed by atoms with E-state index in [4.69, 9.17) is 4.74 Å². The fraction of sp³-hybridized carbons (Fsp3) is 0.158. The molecule has 0 saturated heterocycles. The Hall–Kier alpha value is -2.51. The summed E-state index contributed by atoms with van der Waals surface area (Å²) in [5.74, 6) is -1.11. The van der Waals surface area contributed by atoms with Crippen LogP contribution in [0.1, 0.15) is 14.5 Å². The molecular weight excluding hydrogens is 373 g/mol. The van der Waals surface area contributed by atoms with Gasteiger partial charge in [-0.15, -0.1) is 22.7 Å². The van der Waals surface area contributed by atoms with Gasteiger partial charge in [-0.3, -0.25) is 4.79 Å². The molecule has 0 spiro atoms. The molecule has 3 rings (SSSR count). The third kappa shape index (κ3) is 4.56. The third-order valence-electron chi connectivity index (χ3n) is 3.66. The second-order valence-electron chi connectivity index (χ2n) is 5.58. The lowest BCUT2D eigenvalue weighted by atomic mass is 10.2. The van der Waals surface area contributed by atoms with Gasteiger partial charge in [-0.1, -0.05) is 18.2 Å². The molecule has 0 unspecified atom stereocenters. The Bertz CT molecular complexity index is 888. The van der Waals surface area contributed by atoms with Crippen molar-refractivity contribution in [2.24, 2.45) is 0 Å². The van der Waals surface area contributed by atoms with Crippen LogP contribution in [-0.2, 0) is 16.1 Å². The van der Waals surface area contributed by atoms with E-state index in [2.05, 4.69) is 0 Å². The van der Waals surface area contributed by atoms with E-state index in [9.17, 15) is 14.0 Å². The summed E-state index contributed by atoms with van der Waals surface area (Å²) < 4.78 is 18.1. The van der Waals surface area contributed by atoms with Crippen molar-refractivity contribution in [3.63, 3.8) is 0 Å². The Morgan fingerprint density at radius 1 is 1.12 bits per heavy atom. The van der Waals surface area contributed by atoms with Crippen molar-refractivity contribution >= 4 is 34.6 Å². The number of likely N-dealkylation sites (N-methyl/N-ethyl adjacent to an activating group) is 1. The number of esters is 1. The van der Waals surface area contributed by atoms with Crippen LogP contribution in [0.15, 0.2) is 53.9 Å². The van der Waals surface area contributed by atoms with Gasteiger partial charge in [-0.25, -0.2) is 9.18 Å². The minimum absolute atomic E-state index is 0.262. The van der Waals surface area contributed by atoms with E-state index in [1.807, 2.05) is 17.5 Å². The highest BCUT2D eigenvalue weighted by Gasteiger charge is 2.16. The van der Waals surface area contributed by atoms with Gasteiger partial charge in [0.25, 0.3) is 5.91 Å². The zero-order chi connectivity index (χ0) is 18.5. The van der Waals surface area contributed by atoms with Gasteiger partial charge in [0.1, 0.15) is 10.7 Å². The van der Waals surface area contributed by atoms with Crippen molar-refractivity contribution < 1.29 is 18.7 Å². The number of hydrogen-bond acceptors (Lipinski definition) is 5. The predicted octanol–water partition coefficient (Wildman–Crippen LogP) is 4.43. The van der Waals surface area contributed by atoms with E-state index in [-0.39, 0.29) is 18.3 Å². The molecule has 3 aromatic rings. The number of carbonyl (C=O) groups is 2. The van der Waals surface area contributed by atoms with Crippen LogP contribution < -0.4 is 0 Å². The number of carbonyl (C=O) groups excluding carboxylic acids is 2. The Morgan fingerprint density at radius 3 is 2.58 bits per heavy atom. The molecule has 1 aromatic carbocycles. The maximum absolute atomic E-state index is 13.0. The van der Waals surface area contributed by atoms with E-state index in [0.717, 1.165) is 15.3 Å². The molecule has 0 radical (unpaired) electrons. The summed E-state index contributed by atoms with van der Waals surface area (Å²) in [5, 5.41) is 1.95. The molecule has 0 bridgehead atoms. The lowest BCUT2D eigenvalue weighted by Crippen LogP contribution is -2.30. The summed E-state index contributed by atoms with van der Waals surface area (Å²) in [4.78, 5) is 28.1. The zero-order valence-corrected chi connectivity index (χ0v) is 15.6. The number of benzene rings is 1. The Morgan fingerprint density at radius 2 is 1.88 bits per heavy atom. The largest absolute Gasteiger partial charge is 0.451 e. The van der Waals surface area contributed by atoms with Crippen molar-refractivity contribution in [1.29, 1.82) is 0 Å². The van der Waals surface area contributed by atoms with Crippen LogP contribution in [0.4, 0.5) is 4.39 Å².